The quantitative estimate of drug-likeness (QED) is 0.836. The Bertz CT molecular complexity index is 636. The van der Waals surface area contributed by atoms with Crippen LogP contribution in [0.1, 0.15) is 30.9 Å². The summed E-state index contributed by atoms with van der Waals surface area (Å²) in [6.07, 6.45) is 6.19. The monoisotopic (exact) mass is 276 g/mol. The number of terminal acetylenes is 1. The van der Waals surface area contributed by atoms with E-state index < -0.39 is 10.0 Å². The fourth-order valence-corrected chi connectivity index (χ4v) is 3.26. The molecule has 0 amide bonds. The van der Waals surface area contributed by atoms with Crippen molar-refractivity contribution in [1.82, 2.24) is 4.72 Å². The zero-order chi connectivity index (χ0) is 14.5. The average molecular weight is 276 g/mol. The molecule has 0 saturated heterocycles. The van der Waals surface area contributed by atoms with Crippen molar-refractivity contribution in [3.63, 3.8) is 0 Å². The minimum absolute atomic E-state index is 0.182. The highest BCUT2D eigenvalue weighted by Gasteiger charge is 2.20. The van der Waals surface area contributed by atoms with Gasteiger partial charge in [0.1, 0.15) is 0 Å². The highest BCUT2D eigenvalue weighted by atomic mass is 32.2. The minimum Gasteiger partial charge on any atom is -0.207 e. The van der Waals surface area contributed by atoms with Crippen molar-refractivity contribution < 1.29 is 8.42 Å². The standard InChI is InChI=1S/C14H16N2O2S/c1-4-6-13(5-2)16-19(17,18)14-8-7-12(10-15)9-11(14)3/h1,7-9,13,16H,5-6H2,2-3H3. The van der Waals surface area contributed by atoms with Crippen LogP contribution in [0.15, 0.2) is 23.1 Å². The number of nitriles is 1. The Morgan fingerprint density at radius 3 is 2.63 bits per heavy atom. The van der Waals surface area contributed by atoms with E-state index in [9.17, 15) is 8.42 Å². The third kappa shape index (κ3) is 3.82. The number of aryl methyl sites for hydroxylation is 1. The molecule has 1 aromatic rings. The molecule has 0 heterocycles. The predicted octanol–water partition coefficient (Wildman–Crippen LogP) is 1.95. The van der Waals surface area contributed by atoms with E-state index in [0.717, 1.165) is 0 Å². The maximum absolute atomic E-state index is 12.2. The summed E-state index contributed by atoms with van der Waals surface area (Å²) in [5.41, 5.74) is 0.981. The van der Waals surface area contributed by atoms with Gasteiger partial charge < -0.3 is 0 Å². The van der Waals surface area contributed by atoms with Gasteiger partial charge in [-0.1, -0.05) is 6.92 Å². The minimum atomic E-state index is -3.60. The molecule has 1 unspecified atom stereocenters. The van der Waals surface area contributed by atoms with E-state index in [4.69, 9.17) is 11.7 Å². The third-order valence-corrected chi connectivity index (χ3v) is 4.45. The van der Waals surface area contributed by atoms with Crippen molar-refractivity contribution in [2.24, 2.45) is 0 Å². The van der Waals surface area contributed by atoms with Gasteiger partial charge in [-0.25, -0.2) is 13.1 Å². The Morgan fingerprint density at radius 1 is 1.47 bits per heavy atom. The summed E-state index contributed by atoms with van der Waals surface area (Å²) in [5, 5.41) is 8.77. The van der Waals surface area contributed by atoms with Crippen LogP contribution >= 0.6 is 0 Å². The van der Waals surface area contributed by atoms with Gasteiger partial charge in [0.15, 0.2) is 0 Å². The first-order valence-corrected chi connectivity index (χ1v) is 7.39. The largest absolute Gasteiger partial charge is 0.241 e. The molecule has 0 aliphatic rings. The molecule has 0 aromatic heterocycles. The van der Waals surface area contributed by atoms with Gasteiger partial charge in [-0.15, -0.1) is 12.3 Å². The zero-order valence-electron chi connectivity index (χ0n) is 11.0. The lowest BCUT2D eigenvalue weighted by atomic mass is 10.2. The van der Waals surface area contributed by atoms with Gasteiger partial charge in [0.05, 0.1) is 16.5 Å². The van der Waals surface area contributed by atoms with Crippen molar-refractivity contribution >= 4 is 10.0 Å². The van der Waals surface area contributed by atoms with Crippen LogP contribution < -0.4 is 4.72 Å². The van der Waals surface area contributed by atoms with E-state index in [1.54, 1.807) is 13.0 Å². The molecule has 1 rings (SSSR count). The first kappa shape index (κ1) is 15.2. The molecule has 0 aliphatic carbocycles. The number of rotatable bonds is 5. The van der Waals surface area contributed by atoms with E-state index in [1.807, 2.05) is 13.0 Å². The molecule has 1 atom stereocenters. The molecule has 4 nitrogen and oxygen atoms in total. The lowest BCUT2D eigenvalue weighted by Gasteiger charge is -2.15. The third-order valence-electron chi connectivity index (χ3n) is 2.77. The Labute approximate surface area is 114 Å². The topological polar surface area (TPSA) is 70.0 Å². The second-order valence-electron chi connectivity index (χ2n) is 4.23. The highest BCUT2D eigenvalue weighted by Crippen LogP contribution is 2.17. The Kier molecular flexibility index (Phi) is 5.11. The molecule has 0 bridgehead atoms. The summed E-state index contributed by atoms with van der Waals surface area (Å²) in [6.45, 7) is 3.54. The number of benzene rings is 1. The van der Waals surface area contributed by atoms with Crippen LogP contribution in [0, 0.1) is 30.6 Å². The Morgan fingerprint density at radius 2 is 2.16 bits per heavy atom. The van der Waals surface area contributed by atoms with E-state index in [1.165, 1.54) is 12.1 Å². The van der Waals surface area contributed by atoms with Gasteiger partial charge in [0, 0.05) is 12.5 Å². The van der Waals surface area contributed by atoms with Gasteiger partial charge in [0.2, 0.25) is 10.0 Å². The second-order valence-corrected chi connectivity index (χ2v) is 5.91. The summed E-state index contributed by atoms with van der Waals surface area (Å²) in [4.78, 5) is 0.182. The summed E-state index contributed by atoms with van der Waals surface area (Å²) in [7, 11) is -3.60. The van der Waals surface area contributed by atoms with Gasteiger partial charge in [-0.05, 0) is 37.1 Å². The number of sulfonamides is 1. The van der Waals surface area contributed by atoms with Gasteiger partial charge >= 0.3 is 0 Å². The molecule has 0 radical (unpaired) electrons. The van der Waals surface area contributed by atoms with E-state index in [0.29, 0.717) is 24.0 Å². The van der Waals surface area contributed by atoms with Crippen molar-refractivity contribution in [1.29, 1.82) is 5.26 Å². The lowest BCUT2D eigenvalue weighted by Crippen LogP contribution is -2.34. The Balaban J connectivity index is 3.08. The number of hydrogen-bond donors (Lipinski definition) is 1. The van der Waals surface area contributed by atoms with Crippen molar-refractivity contribution in [3.05, 3.63) is 29.3 Å². The van der Waals surface area contributed by atoms with Crippen LogP contribution in [0.3, 0.4) is 0 Å². The molecule has 0 spiro atoms. The van der Waals surface area contributed by atoms with Crippen LogP contribution in [0.5, 0.6) is 0 Å². The van der Waals surface area contributed by atoms with Crippen molar-refractivity contribution in [2.75, 3.05) is 0 Å². The van der Waals surface area contributed by atoms with Gasteiger partial charge in [-0.3, -0.25) is 0 Å². The maximum Gasteiger partial charge on any atom is 0.241 e. The molecule has 0 fully saturated rings. The molecular formula is C14H16N2O2S. The number of hydrogen-bond acceptors (Lipinski definition) is 3. The molecule has 19 heavy (non-hydrogen) atoms. The summed E-state index contributed by atoms with van der Waals surface area (Å²) in [5.74, 6) is 2.46. The second kappa shape index (κ2) is 6.38. The summed E-state index contributed by atoms with van der Waals surface area (Å²) < 4.78 is 27.1. The zero-order valence-corrected chi connectivity index (χ0v) is 11.8. The average Bonchev–Trinajstić information content (AvgIpc) is 2.37. The molecule has 0 saturated carbocycles. The molecular weight excluding hydrogens is 260 g/mol. The van der Waals surface area contributed by atoms with E-state index in [2.05, 4.69) is 10.6 Å². The van der Waals surface area contributed by atoms with Gasteiger partial charge in [-0.2, -0.15) is 5.26 Å². The number of nitrogens with one attached hydrogen (secondary N) is 1. The summed E-state index contributed by atoms with van der Waals surface area (Å²) in [6, 6.07) is 6.19. The highest BCUT2D eigenvalue weighted by molar-refractivity contribution is 7.89. The fourth-order valence-electron chi connectivity index (χ4n) is 1.71. The Hall–Kier alpha value is -1.82. The molecule has 100 valence electrons. The molecule has 1 aromatic carbocycles. The smallest absolute Gasteiger partial charge is 0.207 e. The molecule has 5 heteroatoms. The molecule has 0 aliphatic heterocycles. The lowest BCUT2D eigenvalue weighted by molar-refractivity contribution is 0.543. The van der Waals surface area contributed by atoms with Gasteiger partial charge in [0.25, 0.3) is 0 Å². The van der Waals surface area contributed by atoms with Crippen molar-refractivity contribution in [2.45, 2.75) is 37.6 Å². The molecule has 1 N–H and O–H groups in total. The normalized spacial score (nSPS) is 12.4. The van der Waals surface area contributed by atoms with Crippen LogP contribution in [-0.2, 0) is 10.0 Å². The SMILES string of the molecule is C#CCC(CC)NS(=O)(=O)c1ccc(C#N)cc1C. The first-order chi connectivity index (χ1) is 8.94. The van der Waals surface area contributed by atoms with E-state index >= 15 is 0 Å². The van der Waals surface area contributed by atoms with Crippen LogP contribution in [0.2, 0.25) is 0 Å². The van der Waals surface area contributed by atoms with Crippen LogP contribution in [0.25, 0.3) is 0 Å². The predicted molar refractivity (Wildman–Crippen MR) is 73.7 cm³/mol. The summed E-state index contributed by atoms with van der Waals surface area (Å²) >= 11 is 0. The van der Waals surface area contributed by atoms with Crippen LogP contribution in [0.4, 0.5) is 0 Å². The first-order valence-electron chi connectivity index (χ1n) is 5.91. The van der Waals surface area contributed by atoms with Crippen molar-refractivity contribution in [3.8, 4) is 18.4 Å². The van der Waals surface area contributed by atoms with Crippen LogP contribution in [-0.4, -0.2) is 14.5 Å². The van der Waals surface area contributed by atoms with E-state index in [-0.39, 0.29) is 10.9 Å². The fraction of sp³-hybridized carbons (Fsp3) is 0.357. The maximum atomic E-state index is 12.2. The number of nitrogens with zero attached hydrogens (tertiary/aromatic N) is 1.